The second-order valence-corrected chi connectivity index (χ2v) is 11.8. The monoisotopic (exact) mass is 562 g/mol. The molecule has 0 unspecified atom stereocenters. The second-order valence-electron chi connectivity index (χ2n) is 11.8. The van der Waals surface area contributed by atoms with Crippen LogP contribution >= 0.6 is 0 Å². The molecule has 4 atom stereocenters. The summed E-state index contributed by atoms with van der Waals surface area (Å²) in [6, 6.07) is 22.0. The van der Waals surface area contributed by atoms with Crippen molar-refractivity contribution in [2.24, 2.45) is 23.7 Å². The van der Waals surface area contributed by atoms with Crippen LogP contribution in [-0.4, -0.2) is 40.2 Å². The van der Waals surface area contributed by atoms with Gasteiger partial charge < -0.3 is 14.8 Å². The molecule has 2 N–H and O–H groups in total. The zero-order valence-corrected chi connectivity index (χ0v) is 23.9. The van der Waals surface area contributed by atoms with Crippen molar-refractivity contribution >= 4 is 36.3 Å². The maximum atomic E-state index is 13.9. The number of fused-ring (bicyclic) bond motifs is 3. The highest BCUT2D eigenvalue weighted by Crippen LogP contribution is 2.52. The van der Waals surface area contributed by atoms with E-state index in [1.165, 1.54) is 4.90 Å². The zero-order chi connectivity index (χ0) is 29.4. The molecule has 3 heterocycles. The Morgan fingerprint density at radius 2 is 1.83 bits per heavy atom. The van der Waals surface area contributed by atoms with E-state index in [0.717, 1.165) is 28.0 Å². The summed E-state index contributed by atoms with van der Waals surface area (Å²) in [4.78, 5) is 33.5. The van der Waals surface area contributed by atoms with Crippen LogP contribution in [0.15, 0.2) is 90.1 Å². The number of rotatable bonds is 7. The van der Waals surface area contributed by atoms with Crippen LogP contribution in [-0.2, 0) is 14.2 Å². The number of phenolic OH excluding ortho intramolecular Hbond substituents is 1. The van der Waals surface area contributed by atoms with Crippen molar-refractivity contribution in [3.8, 4) is 5.75 Å². The van der Waals surface area contributed by atoms with E-state index >= 15 is 0 Å². The highest BCUT2D eigenvalue weighted by molar-refractivity contribution is 6.43. The Labute approximate surface area is 246 Å². The molecule has 214 valence electrons. The molecule has 0 bridgehead atoms. The van der Waals surface area contributed by atoms with Crippen LogP contribution < -0.4 is 4.90 Å². The molecule has 8 heteroatoms. The smallest absolute Gasteiger partial charge is 0.455 e. The number of para-hydroxylation sites is 1. The van der Waals surface area contributed by atoms with Crippen molar-refractivity contribution in [1.29, 1.82) is 0 Å². The number of hydrogen-bond donors (Lipinski definition) is 2. The fourth-order valence-corrected chi connectivity index (χ4v) is 7.01. The number of anilines is 1. The second kappa shape index (κ2) is 11.7. The van der Waals surface area contributed by atoms with Crippen LogP contribution in [0.25, 0.3) is 11.6 Å². The maximum Gasteiger partial charge on any atom is 0.455 e. The Morgan fingerprint density at radius 1 is 1.05 bits per heavy atom. The molecule has 0 saturated carbocycles. The van der Waals surface area contributed by atoms with Gasteiger partial charge in [-0.15, -0.1) is 0 Å². The normalized spacial score (nSPS) is 24.3. The first-order valence-electron chi connectivity index (χ1n) is 14.7. The van der Waals surface area contributed by atoms with Gasteiger partial charge in [-0.2, -0.15) is 0 Å². The predicted molar refractivity (Wildman–Crippen MR) is 163 cm³/mol. The van der Waals surface area contributed by atoms with Crippen LogP contribution in [0.4, 0.5) is 5.69 Å². The summed E-state index contributed by atoms with van der Waals surface area (Å²) in [5, 5.41) is 21.0. The summed E-state index contributed by atoms with van der Waals surface area (Å²) < 4.78 is 6.21. The van der Waals surface area contributed by atoms with Crippen molar-refractivity contribution in [3.05, 3.63) is 101 Å². The molecular weight excluding hydrogens is 527 g/mol. The molecule has 3 aliphatic rings. The van der Waals surface area contributed by atoms with Crippen molar-refractivity contribution < 1.29 is 24.4 Å². The summed E-state index contributed by atoms with van der Waals surface area (Å²) in [6.45, 7) is 4.25. The number of carbonyl (C=O) groups excluding carboxylic acids is 2. The molecule has 2 fully saturated rings. The number of carbonyl (C=O) groups is 2. The van der Waals surface area contributed by atoms with Gasteiger partial charge in [0, 0.05) is 6.20 Å². The van der Waals surface area contributed by atoms with Gasteiger partial charge in [0.25, 0.3) is 0 Å². The van der Waals surface area contributed by atoms with E-state index in [-0.39, 0.29) is 35.7 Å². The predicted octanol–water partition coefficient (Wildman–Crippen LogP) is 5.77. The number of aromatic nitrogens is 1. The van der Waals surface area contributed by atoms with Gasteiger partial charge in [-0.1, -0.05) is 55.8 Å². The quantitative estimate of drug-likeness (QED) is 0.216. The number of pyridine rings is 1. The number of aromatic hydroxyl groups is 1. The minimum atomic E-state index is -1.03. The Morgan fingerprint density at radius 3 is 2.55 bits per heavy atom. The molecule has 1 aliphatic carbocycles. The SMILES string of the molecule is CC(C)C1=C2[C@@H](CC/C(=C/c3cccc(O)c3)c3ccccn3)OB(O)C[C@@H]2[C@@H]2C(=O)N(c3ccccc3)C(=O)[C@@H]2C1. The van der Waals surface area contributed by atoms with E-state index in [1.54, 1.807) is 36.5 Å². The van der Waals surface area contributed by atoms with E-state index in [1.807, 2.05) is 48.5 Å². The number of amides is 2. The number of hydrogen-bond acceptors (Lipinski definition) is 6. The van der Waals surface area contributed by atoms with Crippen LogP contribution in [0, 0.1) is 23.7 Å². The van der Waals surface area contributed by atoms with Crippen molar-refractivity contribution in [2.45, 2.75) is 45.5 Å². The molecule has 0 radical (unpaired) electrons. The zero-order valence-electron chi connectivity index (χ0n) is 23.9. The summed E-state index contributed by atoms with van der Waals surface area (Å²) >= 11 is 0. The van der Waals surface area contributed by atoms with Crippen molar-refractivity contribution in [3.63, 3.8) is 0 Å². The van der Waals surface area contributed by atoms with Crippen LogP contribution in [0.5, 0.6) is 5.75 Å². The van der Waals surface area contributed by atoms with Gasteiger partial charge in [-0.25, -0.2) is 0 Å². The molecule has 3 aromatic rings. The summed E-state index contributed by atoms with van der Waals surface area (Å²) in [6.07, 6.45) is 5.35. The highest BCUT2D eigenvalue weighted by Gasteiger charge is 2.57. The van der Waals surface area contributed by atoms with E-state index < -0.39 is 25.1 Å². The fourth-order valence-electron chi connectivity index (χ4n) is 7.01. The Kier molecular flexibility index (Phi) is 7.84. The van der Waals surface area contributed by atoms with Crippen LogP contribution in [0.2, 0.25) is 6.32 Å². The maximum absolute atomic E-state index is 13.9. The first-order chi connectivity index (χ1) is 20.3. The van der Waals surface area contributed by atoms with Gasteiger partial charge in [0.05, 0.1) is 29.3 Å². The lowest BCUT2D eigenvalue weighted by Gasteiger charge is -2.44. The van der Waals surface area contributed by atoms with Gasteiger partial charge in [0.2, 0.25) is 11.8 Å². The average molecular weight is 562 g/mol. The number of allylic oxidation sites excluding steroid dienone is 2. The molecular formula is C34H35BN2O5. The molecule has 2 saturated heterocycles. The van der Waals surface area contributed by atoms with Gasteiger partial charge in [0.1, 0.15) is 5.75 Å². The number of nitrogens with zero attached hydrogens (tertiary/aromatic N) is 2. The lowest BCUT2D eigenvalue weighted by Crippen LogP contribution is -2.46. The van der Waals surface area contributed by atoms with E-state index in [9.17, 15) is 19.7 Å². The Hall–Kier alpha value is -4.01. The third-order valence-electron chi connectivity index (χ3n) is 8.84. The standard InChI is InChI=1S/C34H35BN2O5/c1-21(2)26-19-27-32(34(40)37(33(27)39)24-10-4-3-5-11-24)28-20-35(41)42-30(31(26)28)15-14-23(29-13-6-7-16-36-29)17-22-9-8-12-25(38)18-22/h3-13,16-18,21,27-28,30,32,38,41H,14-15,19-20H2,1-2H3/b23-17-/t27-,28+,30-,32-/m1/s1. The van der Waals surface area contributed by atoms with E-state index in [0.29, 0.717) is 24.9 Å². The van der Waals surface area contributed by atoms with Gasteiger partial charge in [0.15, 0.2) is 0 Å². The Bertz CT molecular complexity index is 1540. The number of phenols is 1. The van der Waals surface area contributed by atoms with Crippen LogP contribution in [0.1, 0.15) is 44.4 Å². The first-order valence-corrected chi connectivity index (χ1v) is 14.7. The summed E-state index contributed by atoms with van der Waals surface area (Å²) in [7, 11) is -1.03. The topological polar surface area (TPSA) is 100.0 Å². The minimum Gasteiger partial charge on any atom is -0.508 e. The van der Waals surface area contributed by atoms with Gasteiger partial charge >= 0.3 is 7.12 Å². The van der Waals surface area contributed by atoms with E-state index in [4.69, 9.17) is 4.65 Å². The summed E-state index contributed by atoms with van der Waals surface area (Å²) in [5.74, 6) is -1.22. The lowest BCUT2D eigenvalue weighted by molar-refractivity contribution is -0.122. The molecule has 0 spiro atoms. The Balaban J connectivity index is 1.34. The molecule has 1 aromatic heterocycles. The van der Waals surface area contributed by atoms with Crippen LogP contribution in [0.3, 0.4) is 0 Å². The average Bonchev–Trinajstić information content (AvgIpc) is 3.24. The number of imide groups is 1. The van der Waals surface area contributed by atoms with E-state index in [2.05, 4.69) is 18.8 Å². The van der Waals surface area contributed by atoms with Gasteiger partial charge in [-0.3, -0.25) is 19.5 Å². The third kappa shape index (κ3) is 5.32. The fraction of sp³-hybridized carbons (Fsp3) is 0.324. The van der Waals surface area contributed by atoms with Crippen molar-refractivity contribution in [2.75, 3.05) is 4.90 Å². The van der Waals surface area contributed by atoms with Crippen molar-refractivity contribution in [1.82, 2.24) is 4.98 Å². The molecule has 2 amide bonds. The van der Waals surface area contributed by atoms with Gasteiger partial charge in [-0.05, 0) is 96.6 Å². The summed E-state index contributed by atoms with van der Waals surface area (Å²) in [5.41, 5.74) is 5.48. The molecule has 2 aliphatic heterocycles. The number of benzene rings is 2. The largest absolute Gasteiger partial charge is 0.508 e. The first kappa shape index (κ1) is 28.1. The molecule has 2 aromatic carbocycles. The molecule has 7 nitrogen and oxygen atoms in total. The highest BCUT2D eigenvalue weighted by atomic mass is 16.5. The lowest BCUT2D eigenvalue weighted by atomic mass is 9.57. The minimum absolute atomic E-state index is 0.155. The molecule has 6 rings (SSSR count). The molecule has 42 heavy (non-hydrogen) atoms. The third-order valence-corrected chi connectivity index (χ3v) is 8.84.